The zero-order valence-electron chi connectivity index (χ0n) is 11.0. The lowest BCUT2D eigenvalue weighted by Gasteiger charge is -2.12. The van der Waals surface area contributed by atoms with Gasteiger partial charge in [-0.1, -0.05) is 34.1 Å². The second-order valence-electron chi connectivity index (χ2n) is 4.53. The normalized spacial score (nSPS) is 11.8. The lowest BCUT2D eigenvalue weighted by Crippen LogP contribution is -2.14. The van der Waals surface area contributed by atoms with Gasteiger partial charge >= 0.3 is 0 Å². The number of ketones is 1. The number of benzene rings is 2. The van der Waals surface area contributed by atoms with E-state index in [1.165, 1.54) is 6.92 Å². The highest BCUT2D eigenvalue weighted by Gasteiger charge is 2.26. The van der Waals surface area contributed by atoms with Gasteiger partial charge in [-0.25, -0.2) is 8.78 Å². The van der Waals surface area contributed by atoms with Crippen LogP contribution in [-0.2, 0) is 0 Å². The standard InChI is InChI=1S/C16H10BrF2NO/c1-9-6-11(15(19)7-14(9)18)16(21)12(8-20)10-4-2-3-5-13(10)17/h2-7,12H,1H3. The summed E-state index contributed by atoms with van der Waals surface area (Å²) >= 11 is 3.27. The van der Waals surface area contributed by atoms with Gasteiger partial charge < -0.3 is 0 Å². The smallest absolute Gasteiger partial charge is 0.187 e. The van der Waals surface area contributed by atoms with E-state index in [2.05, 4.69) is 15.9 Å². The number of nitriles is 1. The number of rotatable bonds is 3. The monoisotopic (exact) mass is 349 g/mol. The average Bonchev–Trinajstić information content (AvgIpc) is 2.45. The SMILES string of the molecule is Cc1cc(C(=O)C(C#N)c2ccccc2Br)c(F)cc1F. The van der Waals surface area contributed by atoms with Gasteiger partial charge in [0.25, 0.3) is 0 Å². The van der Waals surface area contributed by atoms with Crippen LogP contribution >= 0.6 is 15.9 Å². The fourth-order valence-electron chi connectivity index (χ4n) is 1.98. The third kappa shape index (κ3) is 3.01. The Balaban J connectivity index is 2.50. The number of hydrogen-bond acceptors (Lipinski definition) is 2. The van der Waals surface area contributed by atoms with Crippen LogP contribution in [0.5, 0.6) is 0 Å². The van der Waals surface area contributed by atoms with E-state index in [0.717, 1.165) is 6.07 Å². The topological polar surface area (TPSA) is 40.9 Å². The molecule has 0 saturated heterocycles. The first-order chi connectivity index (χ1) is 9.95. The number of carbonyl (C=O) groups is 1. The Bertz CT molecular complexity index is 752. The number of carbonyl (C=O) groups excluding carboxylic acids is 1. The van der Waals surface area contributed by atoms with Gasteiger partial charge in [0, 0.05) is 10.5 Å². The summed E-state index contributed by atoms with van der Waals surface area (Å²) in [6, 6.07) is 10.4. The largest absolute Gasteiger partial charge is 0.292 e. The number of Topliss-reactive ketones (excluding diaryl/α,β-unsaturated/α-hetero) is 1. The summed E-state index contributed by atoms with van der Waals surface area (Å²) in [5.74, 6) is -3.53. The second-order valence-corrected chi connectivity index (χ2v) is 5.38. The van der Waals surface area contributed by atoms with Crippen LogP contribution in [0.4, 0.5) is 8.78 Å². The Kier molecular flexibility index (Phi) is 4.49. The van der Waals surface area contributed by atoms with Gasteiger partial charge in [-0.15, -0.1) is 0 Å². The van der Waals surface area contributed by atoms with Crippen molar-refractivity contribution in [2.45, 2.75) is 12.8 Å². The minimum atomic E-state index is -1.15. The van der Waals surface area contributed by atoms with Crippen LogP contribution in [0.25, 0.3) is 0 Å². The molecule has 1 unspecified atom stereocenters. The molecule has 0 aromatic heterocycles. The fourth-order valence-corrected chi connectivity index (χ4v) is 2.49. The highest BCUT2D eigenvalue weighted by molar-refractivity contribution is 9.10. The maximum absolute atomic E-state index is 13.8. The van der Waals surface area contributed by atoms with Crippen LogP contribution in [0.3, 0.4) is 0 Å². The number of aryl methyl sites for hydroxylation is 1. The van der Waals surface area contributed by atoms with Crippen LogP contribution in [0.2, 0.25) is 0 Å². The minimum Gasteiger partial charge on any atom is -0.292 e. The predicted molar refractivity (Wildman–Crippen MR) is 77.9 cm³/mol. The van der Waals surface area contributed by atoms with Crippen molar-refractivity contribution >= 4 is 21.7 Å². The maximum Gasteiger partial charge on any atom is 0.187 e. The molecule has 0 aliphatic rings. The molecule has 0 saturated carbocycles. The highest BCUT2D eigenvalue weighted by Crippen LogP contribution is 2.28. The molecule has 0 heterocycles. The number of halogens is 3. The summed E-state index contributed by atoms with van der Waals surface area (Å²) in [4.78, 5) is 12.4. The van der Waals surface area contributed by atoms with Crippen molar-refractivity contribution in [3.63, 3.8) is 0 Å². The molecule has 0 aliphatic heterocycles. The van der Waals surface area contributed by atoms with E-state index >= 15 is 0 Å². The number of nitrogens with zero attached hydrogens (tertiary/aromatic N) is 1. The molecule has 0 radical (unpaired) electrons. The van der Waals surface area contributed by atoms with Crippen molar-refractivity contribution in [2.75, 3.05) is 0 Å². The van der Waals surface area contributed by atoms with Gasteiger partial charge in [0.05, 0.1) is 11.6 Å². The molecule has 2 aromatic carbocycles. The van der Waals surface area contributed by atoms with E-state index < -0.39 is 23.3 Å². The van der Waals surface area contributed by atoms with Gasteiger partial charge in [-0.05, 0) is 30.2 Å². The Labute approximate surface area is 129 Å². The lowest BCUT2D eigenvalue weighted by atomic mass is 9.91. The summed E-state index contributed by atoms with van der Waals surface area (Å²) in [6.07, 6.45) is 0. The zero-order chi connectivity index (χ0) is 15.6. The molecule has 0 amide bonds. The van der Waals surface area contributed by atoms with Crippen LogP contribution in [0.1, 0.15) is 27.4 Å². The van der Waals surface area contributed by atoms with E-state index in [1.54, 1.807) is 24.3 Å². The van der Waals surface area contributed by atoms with Crippen LogP contribution in [0, 0.1) is 29.9 Å². The second kappa shape index (κ2) is 6.15. The van der Waals surface area contributed by atoms with Crippen molar-refractivity contribution in [3.8, 4) is 6.07 Å². The average molecular weight is 350 g/mol. The van der Waals surface area contributed by atoms with Crippen LogP contribution in [-0.4, -0.2) is 5.78 Å². The molecule has 5 heteroatoms. The van der Waals surface area contributed by atoms with E-state index in [9.17, 15) is 18.8 Å². The first-order valence-electron chi connectivity index (χ1n) is 6.09. The van der Waals surface area contributed by atoms with Gasteiger partial charge in [-0.2, -0.15) is 5.26 Å². The minimum absolute atomic E-state index is 0.156. The molecule has 21 heavy (non-hydrogen) atoms. The third-order valence-electron chi connectivity index (χ3n) is 3.12. The molecule has 2 aromatic rings. The zero-order valence-corrected chi connectivity index (χ0v) is 12.6. The van der Waals surface area contributed by atoms with Crippen molar-refractivity contribution < 1.29 is 13.6 Å². The predicted octanol–water partition coefficient (Wildman–Crippen LogP) is 4.53. The first kappa shape index (κ1) is 15.3. The molecule has 0 N–H and O–H groups in total. The van der Waals surface area contributed by atoms with E-state index in [-0.39, 0.29) is 11.1 Å². The van der Waals surface area contributed by atoms with Crippen molar-refractivity contribution in [1.29, 1.82) is 5.26 Å². The lowest BCUT2D eigenvalue weighted by molar-refractivity contribution is 0.0974. The quantitative estimate of drug-likeness (QED) is 0.764. The molecule has 0 aliphatic carbocycles. The molecule has 106 valence electrons. The molecular weight excluding hydrogens is 340 g/mol. The molecule has 0 spiro atoms. The molecule has 2 nitrogen and oxygen atoms in total. The Morgan fingerprint density at radius 2 is 1.90 bits per heavy atom. The molecule has 0 bridgehead atoms. The summed E-state index contributed by atoms with van der Waals surface area (Å²) < 4.78 is 27.7. The number of hydrogen-bond donors (Lipinski definition) is 0. The van der Waals surface area contributed by atoms with Crippen molar-refractivity contribution in [1.82, 2.24) is 0 Å². The maximum atomic E-state index is 13.8. The molecular formula is C16H10BrF2NO. The van der Waals surface area contributed by atoms with Crippen LogP contribution in [0.15, 0.2) is 40.9 Å². The summed E-state index contributed by atoms with van der Waals surface area (Å²) in [5.41, 5.74) is 0.325. The summed E-state index contributed by atoms with van der Waals surface area (Å²) in [6.45, 7) is 1.44. The van der Waals surface area contributed by atoms with E-state index in [1.807, 2.05) is 6.07 Å². The van der Waals surface area contributed by atoms with E-state index in [4.69, 9.17) is 0 Å². The Morgan fingerprint density at radius 1 is 1.24 bits per heavy atom. The molecule has 2 rings (SSSR count). The Hall–Kier alpha value is -2.06. The van der Waals surface area contributed by atoms with Crippen molar-refractivity contribution in [2.24, 2.45) is 0 Å². The van der Waals surface area contributed by atoms with E-state index in [0.29, 0.717) is 16.1 Å². The summed E-state index contributed by atoms with van der Waals surface area (Å²) in [5, 5.41) is 9.26. The first-order valence-corrected chi connectivity index (χ1v) is 6.89. The summed E-state index contributed by atoms with van der Waals surface area (Å²) in [7, 11) is 0. The third-order valence-corrected chi connectivity index (χ3v) is 3.84. The fraction of sp³-hybridized carbons (Fsp3) is 0.125. The Morgan fingerprint density at radius 3 is 2.52 bits per heavy atom. The van der Waals surface area contributed by atoms with Gasteiger partial charge in [0.2, 0.25) is 0 Å². The highest BCUT2D eigenvalue weighted by atomic mass is 79.9. The molecule has 1 atom stereocenters. The van der Waals surface area contributed by atoms with Gasteiger partial charge in [-0.3, -0.25) is 4.79 Å². The van der Waals surface area contributed by atoms with Crippen molar-refractivity contribution in [3.05, 3.63) is 69.2 Å². The molecule has 0 fully saturated rings. The van der Waals surface area contributed by atoms with Gasteiger partial charge in [0.1, 0.15) is 17.6 Å². The van der Waals surface area contributed by atoms with Gasteiger partial charge in [0.15, 0.2) is 5.78 Å². The van der Waals surface area contributed by atoms with Crippen LogP contribution < -0.4 is 0 Å².